The Morgan fingerprint density at radius 2 is 1.86 bits per heavy atom. The van der Waals surface area contributed by atoms with E-state index < -0.39 is 0 Å². The molecule has 1 N–H and O–H groups in total. The van der Waals surface area contributed by atoms with Gasteiger partial charge in [-0.05, 0) is 57.5 Å². The summed E-state index contributed by atoms with van der Waals surface area (Å²) >= 11 is 7.94. The molecule has 4 heteroatoms. The van der Waals surface area contributed by atoms with Crippen molar-refractivity contribution in [1.82, 2.24) is 5.32 Å². The molecule has 0 aliphatic carbocycles. The van der Waals surface area contributed by atoms with Gasteiger partial charge in [0.05, 0.1) is 5.02 Å². The van der Waals surface area contributed by atoms with Crippen molar-refractivity contribution in [2.45, 2.75) is 46.4 Å². The van der Waals surface area contributed by atoms with E-state index >= 15 is 0 Å². The Labute approximate surface area is 136 Å². The lowest BCUT2D eigenvalue weighted by Gasteiger charge is -2.19. The van der Waals surface area contributed by atoms with Gasteiger partial charge in [-0.3, -0.25) is 0 Å². The highest BCUT2D eigenvalue weighted by Gasteiger charge is 2.10. The van der Waals surface area contributed by atoms with E-state index in [0.29, 0.717) is 11.6 Å². The summed E-state index contributed by atoms with van der Waals surface area (Å²) < 4.78 is 5.79. The number of aryl methyl sites for hydroxylation is 1. The van der Waals surface area contributed by atoms with Crippen LogP contribution in [0.5, 0.6) is 5.75 Å². The molecule has 1 aromatic heterocycles. The molecule has 1 heterocycles. The standard InChI is InChI=1S/C17H22ClNOS/c1-12-5-8-16(15(18)9-12)20-11-14-7-6-13(21-14)10-19-17(2,3)4/h5-9,19H,10-11H2,1-4H3. The molecule has 0 atom stereocenters. The number of hydrogen-bond acceptors (Lipinski definition) is 3. The summed E-state index contributed by atoms with van der Waals surface area (Å²) in [6.45, 7) is 9.98. The molecule has 0 unspecified atom stereocenters. The zero-order valence-corrected chi connectivity index (χ0v) is 14.6. The van der Waals surface area contributed by atoms with Crippen LogP contribution in [-0.2, 0) is 13.2 Å². The highest BCUT2D eigenvalue weighted by Crippen LogP contribution is 2.27. The van der Waals surface area contributed by atoms with Crippen molar-refractivity contribution in [2.24, 2.45) is 0 Å². The van der Waals surface area contributed by atoms with Crippen LogP contribution in [0, 0.1) is 6.92 Å². The summed E-state index contributed by atoms with van der Waals surface area (Å²) in [5.74, 6) is 0.741. The van der Waals surface area contributed by atoms with Gasteiger partial charge in [0.1, 0.15) is 12.4 Å². The van der Waals surface area contributed by atoms with Crippen LogP contribution in [0.4, 0.5) is 0 Å². The van der Waals surface area contributed by atoms with Crippen molar-refractivity contribution in [2.75, 3.05) is 0 Å². The van der Waals surface area contributed by atoms with E-state index in [9.17, 15) is 0 Å². The summed E-state index contributed by atoms with van der Waals surface area (Å²) in [4.78, 5) is 2.52. The third-order valence-corrected chi connectivity index (χ3v) is 4.32. The van der Waals surface area contributed by atoms with Crippen LogP contribution in [0.25, 0.3) is 0 Å². The third-order valence-electron chi connectivity index (χ3n) is 2.97. The van der Waals surface area contributed by atoms with E-state index in [0.717, 1.165) is 17.9 Å². The maximum Gasteiger partial charge on any atom is 0.138 e. The van der Waals surface area contributed by atoms with Gasteiger partial charge >= 0.3 is 0 Å². The van der Waals surface area contributed by atoms with Crippen LogP contribution >= 0.6 is 22.9 Å². The van der Waals surface area contributed by atoms with Crippen molar-refractivity contribution >= 4 is 22.9 Å². The SMILES string of the molecule is Cc1ccc(OCc2ccc(CNC(C)(C)C)s2)c(Cl)c1. The average molecular weight is 324 g/mol. The number of rotatable bonds is 5. The van der Waals surface area contributed by atoms with Crippen molar-refractivity contribution in [1.29, 1.82) is 0 Å². The predicted octanol–water partition coefficient (Wildman–Crippen LogP) is 5.18. The Morgan fingerprint density at radius 1 is 1.14 bits per heavy atom. The van der Waals surface area contributed by atoms with E-state index in [1.165, 1.54) is 9.75 Å². The fourth-order valence-electron chi connectivity index (χ4n) is 1.82. The summed E-state index contributed by atoms with van der Waals surface area (Å²) in [7, 11) is 0. The molecule has 0 amide bonds. The molecule has 0 spiro atoms. The van der Waals surface area contributed by atoms with Crippen LogP contribution in [0.2, 0.25) is 5.02 Å². The highest BCUT2D eigenvalue weighted by atomic mass is 35.5. The highest BCUT2D eigenvalue weighted by molar-refractivity contribution is 7.11. The molecule has 0 bridgehead atoms. The first-order chi connectivity index (χ1) is 9.83. The summed E-state index contributed by atoms with van der Waals surface area (Å²) in [6, 6.07) is 10.1. The zero-order chi connectivity index (χ0) is 15.5. The molecule has 0 aliphatic heterocycles. The van der Waals surface area contributed by atoms with Crippen LogP contribution in [0.1, 0.15) is 36.1 Å². The van der Waals surface area contributed by atoms with Gasteiger partial charge in [-0.15, -0.1) is 11.3 Å². The number of thiophene rings is 1. The van der Waals surface area contributed by atoms with Gasteiger partial charge in [-0.25, -0.2) is 0 Å². The summed E-state index contributed by atoms with van der Waals surface area (Å²) in [6.07, 6.45) is 0. The van der Waals surface area contributed by atoms with Crippen LogP contribution in [0.15, 0.2) is 30.3 Å². The minimum Gasteiger partial charge on any atom is -0.487 e. The minimum atomic E-state index is 0.135. The van der Waals surface area contributed by atoms with E-state index in [1.807, 2.05) is 25.1 Å². The molecule has 2 nitrogen and oxygen atoms in total. The number of ether oxygens (including phenoxy) is 1. The fourth-order valence-corrected chi connectivity index (χ4v) is 2.98. The van der Waals surface area contributed by atoms with Gasteiger partial charge < -0.3 is 10.1 Å². The van der Waals surface area contributed by atoms with Gasteiger partial charge in [0.2, 0.25) is 0 Å². The van der Waals surface area contributed by atoms with E-state index in [4.69, 9.17) is 16.3 Å². The molecule has 0 saturated heterocycles. The lowest BCUT2D eigenvalue weighted by atomic mass is 10.1. The molecule has 0 radical (unpaired) electrons. The summed E-state index contributed by atoms with van der Waals surface area (Å²) in [5, 5.41) is 4.16. The lowest BCUT2D eigenvalue weighted by molar-refractivity contribution is 0.310. The van der Waals surface area contributed by atoms with E-state index in [2.05, 4.69) is 38.2 Å². The van der Waals surface area contributed by atoms with Crippen molar-refractivity contribution in [3.05, 3.63) is 50.7 Å². The first kappa shape index (κ1) is 16.3. The van der Waals surface area contributed by atoms with Crippen LogP contribution < -0.4 is 10.1 Å². The monoisotopic (exact) mass is 323 g/mol. The molecule has 2 rings (SSSR count). The Bertz CT molecular complexity index is 601. The second-order valence-electron chi connectivity index (χ2n) is 6.19. The Kier molecular flexibility index (Phi) is 5.31. The number of nitrogens with one attached hydrogen (secondary N) is 1. The Morgan fingerprint density at radius 3 is 2.52 bits per heavy atom. The molecular weight excluding hydrogens is 302 g/mol. The summed E-state index contributed by atoms with van der Waals surface area (Å²) in [5.41, 5.74) is 1.27. The molecule has 0 fully saturated rings. The van der Waals surface area contributed by atoms with Gasteiger partial charge in [0, 0.05) is 21.8 Å². The largest absolute Gasteiger partial charge is 0.487 e. The average Bonchev–Trinajstić information content (AvgIpc) is 2.82. The zero-order valence-electron chi connectivity index (χ0n) is 13.0. The van der Waals surface area contributed by atoms with Crippen molar-refractivity contribution in [3.63, 3.8) is 0 Å². The van der Waals surface area contributed by atoms with E-state index in [-0.39, 0.29) is 5.54 Å². The molecule has 0 aliphatic rings. The third kappa shape index (κ3) is 5.34. The minimum absolute atomic E-state index is 0.135. The molecular formula is C17H22ClNOS. The molecule has 0 saturated carbocycles. The van der Waals surface area contributed by atoms with Gasteiger partial charge in [-0.2, -0.15) is 0 Å². The molecule has 2 aromatic rings. The maximum atomic E-state index is 6.17. The molecule has 114 valence electrons. The van der Waals surface area contributed by atoms with Crippen LogP contribution in [-0.4, -0.2) is 5.54 Å². The number of hydrogen-bond donors (Lipinski definition) is 1. The first-order valence-corrected chi connectivity index (χ1v) is 8.24. The van der Waals surface area contributed by atoms with Crippen LogP contribution in [0.3, 0.4) is 0 Å². The van der Waals surface area contributed by atoms with Crippen molar-refractivity contribution < 1.29 is 4.74 Å². The van der Waals surface area contributed by atoms with Crippen molar-refractivity contribution in [3.8, 4) is 5.75 Å². The molecule has 1 aromatic carbocycles. The molecule has 21 heavy (non-hydrogen) atoms. The lowest BCUT2D eigenvalue weighted by Crippen LogP contribution is -2.34. The quantitative estimate of drug-likeness (QED) is 0.818. The fraction of sp³-hybridized carbons (Fsp3) is 0.412. The second kappa shape index (κ2) is 6.82. The first-order valence-electron chi connectivity index (χ1n) is 7.05. The predicted molar refractivity (Wildman–Crippen MR) is 91.4 cm³/mol. The Hall–Kier alpha value is -1.03. The number of benzene rings is 1. The van der Waals surface area contributed by atoms with Gasteiger partial charge in [-0.1, -0.05) is 17.7 Å². The smallest absolute Gasteiger partial charge is 0.138 e. The van der Waals surface area contributed by atoms with Gasteiger partial charge in [0.25, 0.3) is 0 Å². The maximum absolute atomic E-state index is 6.17. The normalized spacial score (nSPS) is 11.7. The Balaban J connectivity index is 1.90. The van der Waals surface area contributed by atoms with E-state index in [1.54, 1.807) is 11.3 Å². The number of halogens is 1. The van der Waals surface area contributed by atoms with Gasteiger partial charge in [0.15, 0.2) is 0 Å². The second-order valence-corrected chi connectivity index (χ2v) is 7.85. The topological polar surface area (TPSA) is 21.3 Å².